The van der Waals surface area contributed by atoms with Gasteiger partial charge in [-0.25, -0.2) is 15.0 Å². The molecule has 4 nitrogen and oxygen atoms in total. The summed E-state index contributed by atoms with van der Waals surface area (Å²) in [5.74, 6) is 1.95. The van der Waals surface area contributed by atoms with Gasteiger partial charge in [-0.2, -0.15) is 0 Å². The van der Waals surface area contributed by atoms with Crippen LogP contribution in [-0.2, 0) is 10.8 Å². The molecule has 0 atom stereocenters. The molecular weight excluding hydrogens is 717 g/mol. The lowest BCUT2D eigenvalue weighted by molar-refractivity contribution is 0.332. The lowest BCUT2D eigenvalue weighted by atomic mass is 9.63. The summed E-state index contributed by atoms with van der Waals surface area (Å²) >= 11 is 0. The van der Waals surface area contributed by atoms with E-state index in [-0.39, 0.29) is 10.8 Å². The third kappa shape index (κ3) is 6.01. The molecule has 0 spiro atoms. The summed E-state index contributed by atoms with van der Waals surface area (Å²) < 4.78 is 2.46. The number of rotatable bonds is 5. The van der Waals surface area contributed by atoms with Crippen LogP contribution in [0.4, 0.5) is 0 Å². The first kappa shape index (κ1) is 35.3. The van der Waals surface area contributed by atoms with E-state index in [9.17, 15) is 0 Å². The van der Waals surface area contributed by atoms with Gasteiger partial charge in [-0.3, -0.25) is 0 Å². The van der Waals surface area contributed by atoms with Crippen LogP contribution in [0.3, 0.4) is 0 Å². The summed E-state index contributed by atoms with van der Waals surface area (Å²) in [6.07, 6.45) is 2.38. The van der Waals surface area contributed by atoms with Crippen molar-refractivity contribution in [2.24, 2.45) is 0 Å². The summed E-state index contributed by atoms with van der Waals surface area (Å²) in [7, 11) is 0. The SMILES string of the molecule is CC1(C)CCC(C)(C)c2cc3c(cc21)c1ccccc1n3-c1ccc2cc(-c3nc(-c4ccccc4)nc(-c4ccc(-c5ccc6ccccc6c5)cc4)n3)ccc2c1. The standard InChI is InChI=1S/C55H44N4/c1-54(2)28-29-55(3,4)48-34-50-46(33-47(48)54)45-16-10-11-17-49(45)59(50)44-27-26-41-31-43(25-24-42(41)32-44)53-57-51(37-13-6-5-7-14-37)56-52(58-53)38-21-18-36(19-22-38)40-23-20-35-12-8-9-15-39(35)30-40/h5-27,30-34H,28-29H2,1-4H3. The topological polar surface area (TPSA) is 43.6 Å². The number of hydrogen-bond acceptors (Lipinski definition) is 3. The molecule has 0 aliphatic heterocycles. The number of fused-ring (bicyclic) bond motifs is 6. The zero-order chi connectivity index (χ0) is 39.9. The normalized spacial score (nSPS) is 14.6. The Bertz CT molecular complexity index is 3260. The second-order valence-electron chi connectivity index (χ2n) is 17.6. The van der Waals surface area contributed by atoms with Gasteiger partial charge in [0, 0.05) is 33.2 Å². The monoisotopic (exact) mass is 760 g/mol. The third-order valence-corrected chi connectivity index (χ3v) is 12.9. The van der Waals surface area contributed by atoms with E-state index in [1.807, 2.05) is 18.2 Å². The lowest BCUT2D eigenvalue weighted by Crippen LogP contribution is -2.33. The fourth-order valence-electron chi connectivity index (χ4n) is 9.35. The van der Waals surface area contributed by atoms with Crippen LogP contribution in [-0.4, -0.2) is 19.5 Å². The van der Waals surface area contributed by atoms with E-state index in [0.29, 0.717) is 17.5 Å². The van der Waals surface area contributed by atoms with Crippen LogP contribution in [0.2, 0.25) is 0 Å². The van der Waals surface area contributed by atoms with Gasteiger partial charge in [0.1, 0.15) is 0 Å². The van der Waals surface area contributed by atoms with Crippen molar-refractivity contribution in [3.63, 3.8) is 0 Å². The zero-order valence-electron chi connectivity index (χ0n) is 33.9. The molecule has 10 aromatic rings. The smallest absolute Gasteiger partial charge is 0.164 e. The molecule has 0 unspecified atom stereocenters. The highest BCUT2D eigenvalue weighted by molar-refractivity contribution is 6.10. The van der Waals surface area contributed by atoms with Gasteiger partial charge < -0.3 is 4.57 Å². The molecule has 0 fully saturated rings. The van der Waals surface area contributed by atoms with Crippen molar-refractivity contribution in [2.45, 2.75) is 51.4 Å². The molecule has 59 heavy (non-hydrogen) atoms. The summed E-state index contributed by atoms with van der Waals surface area (Å²) in [6, 6.07) is 61.1. The van der Waals surface area contributed by atoms with Crippen molar-refractivity contribution >= 4 is 43.4 Å². The molecule has 4 heteroatoms. The minimum Gasteiger partial charge on any atom is -0.309 e. The molecule has 8 aromatic carbocycles. The van der Waals surface area contributed by atoms with Crippen LogP contribution >= 0.6 is 0 Å². The number of hydrogen-bond donors (Lipinski definition) is 0. The van der Waals surface area contributed by atoms with Crippen molar-refractivity contribution in [2.75, 3.05) is 0 Å². The molecule has 1 aliphatic carbocycles. The third-order valence-electron chi connectivity index (χ3n) is 12.9. The van der Waals surface area contributed by atoms with Crippen LogP contribution in [0.25, 0.3) is 94.3 Å². The van der Waals surface area contributed by atoms with Crippen molar-refractivity contribution in [3.05, 3.63) is 181 Å². The van der Waals surface area contributed by atoms with Gasteiger partial charge in [0.15, 0.2) is 17.5 Å². The van der Waals surface area contributed by atoms with Crippen molar-refractivity contribution in [1.82, 2.24) is 19.5 Å². The van der Waals surface area contributed by atoms with E-state index >= 15 is 0 Å². The van der Waals surface area contributed by atoms with E-state index < -0.39 is 0 Å². The fraction of sp³-hybridized carbons (Fsp3) is 0.145. The summed E-state index contributed by atoms with van der Waals surface area (Å²) in [6.45, 7) is 9.65. The van der Waals surface area contributed by atoms with Gasteiger partial charge in [-0.15, -0.1) is 0 Å². The molecular formula is C55H44N4. The number of aromatic nitrogens is 4. The van der Waals surface area contributed by atoms with E-state index in [2.05, 4.69) is 184 Å². The summed E-state index contributed by atoms with van der Waals surface area (Å²) in [5, 5.41) is 7.39. The van der Waals surface area contributed by atoms with Gasteiger partial charge >= 0.3 is 0 Å². The van der Waals surface area contributed by atoms with E-state index in [4.69, 9.17) is 15.0 Å². The predicted molar refractivity (Wildman–Crippen MR) is 246 cm³/mol. The molecule has 2 aromatic heterocycles. The van der Waals surface area contributed by atoms with Crippen LogP contribution in [0.1, 0.15) is 51.7 Å². The van der Waals surface area contributed by atoms with Gasteiger partial charge in [-0.1, -0.05) is 155 Å². The van der Waals surface area contributed by atoms with E-state index in [0.717, 1.165) is 33.3 Å². The highest BCUT2D eigenvalue weighted by atomic mass is 15.0. The summed E-state index contributed by atoms with van der Waals surface area (Å²) in [5.41, 5.74) is 12.1. The molecule has 0 bridgehead atoms. The second kappa shape index (κ2) is 13.3. The van der Waals surface area contributed by atoms with Crippen molar-refractivity contribution < 1.29 is 0 Å². The van der Waals surface area contributed by atoms with Crippen LogP contribution in [0.5, 0.6) is 0 Å². The van der Waals surface area contributed by atoms with Gasteiger partial charge in [-0.05, 0) is 110 Å². The first-order chi connectivity index (χ1) is 28.7. The molecule has 0 saturated heterocycles. The van der Waals surface area contributed by atoms with Crippen LogP contribution < -0.4 is 0 Å². The predicted octanol–water partition coefficient (Wildman–Crippen LogP) is 14.3. The molecule has 0 saturated carbocycles. The molecule has 1 aliphatic rings. The Morgan fingerprint density at radius 2 is 0.881 bits per heavy atom. The quantitative estimate of drug-likeness (QED) is 0.175. The average molecular weight is 761 g/mol. The minimum atomic E-state index is 0.122. The van der Waals surface area contributed by atoms with Gasteiger partial charge in [0.05, 0.1) is 11.0 Å². The van der Waals surface area contributed by atoms with Crippen LogP contribution in [0, 0.1) is 0 Å². The Labute approximate surface area is 344 Å². The zero-order valence-corrected chi connectivity index (χ0v) is 33.9. The Hall–Kier alpha value is -6.91. The van der Waals surface area contributed by atoms with Crippen molar-refractivity contribution in [1.29, 1.82) is 0 Å². The van der Waals surface area contributed by atoms with Gasteiger partial charge in [0.25, 0.3) is 0 Å². The molecule has 0 radical (unpaired) electrons. The number of para-hydroxylation sites is 1. The molecule has 0 N–H and O–H groups in total. The highest BCUT2D eigenvalue weighted by Gasteiger charge is 2.38. The lowest BCUT2D eigenvalue weighted by Gasteiger charge is -2.42. The maximum absolute atomic E-state index is 5.11. The first-order valence-corrected chi connectivity index (χ1v) is 20.7. The molecule has 11 rings (SSSR count). The van der Waals surface area contributed by atoms with Crippen molar-refractivity contribution in [3.8, 4) is 51.0 Å². The Morgan fingerprint density at radius 1 is 0.373 bits per heavy atom. The fourth-order valence-corrected chi connectivity index (χ4v) is 9.35. The van der Waals surface area contributed by atoms with Gasteiger partial charge in [0.2, 0.25) is 0 Å². The van der Waals surface area contributed by atoms with E-state index in [1.54, 1.807) is 0 Å². The molecule has 284 valence electrons. The Kier molecular flexibility index (Phi) is 7.96. The first-order valence-electron chi connectivity index (χ1n) is 20.7. The molecule has 0 amide bonds. The Morgan fingerprint density at radius 3 is 1.64 bits per heavy atom. The molecule has 2 heterocycles. The number of nitrogens with zero attached hydrogens (tertiary/aromatic N) is 4. The van der Waals surface area contributed by atoms with E-state index in [1.165, 1.54) is 67.5 Å². The highest BCUT2D eigenvalue weighted by Crippen LogP contribution is 2.48. The maximum Gasteiger partial charge on any atom is 0.164 e. The average Bonchev–Trinajstić information content (AvgIpc) is 3.61. The maximum atomic E-state index is 5.11. The second-order valence-corrected chi connectivity index (χ2v) is 17.6. The van der Waals surface area contributed by atoms with Crippen LogP contribution in [0.15, 0.2) is 170 Å². The Balaban J connectivity index is 0.996. The minimum absolute atomic E-state index is 0.122. The largest absolute Gasteiger partial charge is 0.309 e. The summed E-state index contributed by atoms with van der Waals surface area (Å²) in [4.78, 5) is 15.2. The number of benzene rings is 8.